The number of nitrogens with one attached hydrogen (secondary N) is 1. The smallest absolute Gasteiger partial charge is 0.158 e. The van der Waals surface area contributed by atoms with Crippen molar-refractivity contribution in [2.45, 2.75) is 54.5 Å². The first-order valence-corrected chi connectivity index (χ1v) is 7.66. The Hall–Kier alpha value is -1.68. The van der Waals surface area contributed by atoms with Crippen molar-refractivity contribution in [2.24, 2.45) is 0 Å². The van der Waals surface area contributed by atoms with E-state index < -0.39 is 0 Å². The zero-order valence-electron chi connectivity index (χ0n) is 14.0. The van der Waals surface area contributed by atoms with E-state index in [-0.39, 0.29) is 0 Å². The van der Waals surface area contributed by atoms with E-state index in [1.807, 2.05) is 11.6 Å². The minimum absolute atomic E-state index is 0.833. The number of rotatable bonds is 5. The summed E-state index contributed by atoms with van der Waals surface area (Å²) in [6.45, 7) is 14.5. The van der Waals surface area contributed by atoms with Gasteiger partial charge in [-0.2, -0.15) is 5.10 Å². The van der Waals surface area contributed by atoms with Gasteiger partial charge in [0.05, 0.1) is 5.69 Å². The number of pyridine rings is 1. The van der Waals surface area contributed by atoms with E-state index in [0.29, 0.717) is 0 Å². The summed E-state index contributed by atoms with van der Waals surface area (Å²) < 4.78 is 1.99. The van der Waals surface area contributed by atoms with Gasteiger partial charge in [0.15, 0.2) is 5.82 Å². The summed E-state index contributed by atoms with van der Waals surface area (Å²) in [7, 11) is 0. The summed E-state index contributed by atoms with van der Waals surface area (Å²) in [5, 5.41) is 8.16. The number of nitrogens with zero attached hydrogens (tertiary/aromatic N) is 3. The van der Waals surface area contributed by atoms with Gasteiger partial charge in [-0.05, 0) is 64.8 Å². The lowest BCUT2D eigenvalue weighted by molar-refractivity contribution is 0.661. The molecule has 21 heavy (non-hydrogen) atoms. The summed E-state index contributed by atoms with van der Waals surface area (Å²) in [6.07, 6.45) is 1.13. The van der Waals surface area contributed by atoms with Gasteiger partial charge in [-0.3, -0.25) is 0 Å². The highest BCUT2D eigenvalue weighted by atomic mass is 15.3. The van der Waals surface area contributed by atoms with E-state index >= 15 is 0 Å². The second kappa shape index (κ2) is 6.39. The minimum Gasteiger partial charge on any atom is -0.313 e. The van der Waals surface area contributed by atoms with Gasteiger partial charge in [-0.1, -0.05) is 6.92 Å². The van der Waals surface area contributed by atoms with E-state index in [4.69, 9.17) is 4.98 Å². The van der Waals surface area contributed by atoms with E-state index in [9.17, 15) is 0 Å². The molecule has 2 heterocycles. The molecule has 0 unspecified atom stereocenters. The molecule has 0 radical (unpaired) electrons. The van der Waals surface area contributed by atoms with Gasteiger partial charge in [-0.15, -0.1) is 0 Å². The molecular formula is C17H26N4. The number of hydrogen-bond acceptors (Lipinski definition) is 3. The maximum atomic E-state index is 4.76. The number of aryl methyl sites for hydroxylation is 3. The molecule has 0 aromatic carbocycles. The van der Waals surface area contributed by atoms with Crippen LogP contribution in [0.3, 0.4) is 0 Å². The largest absolute Gasteiger partial charge is 0.313 e. The first-order chi connectivity index (χ1) is 9.95. The van der Waals surface area contributed by atoms with Crippen molar-refractivity contribution >= 4 is 0 Å². The third kappa shape index (κ3) is 3.16. The second-order valence-corrected chi connectivity index (χ2v) is 5.77. The van der Waals surface area contributed by atoms with E-state index in [0.717, 1.165) is 36.7 Å². The van der Waals surface area contributed by atoms with Gasteiger partial charge in [0.1, 0.15) is 0 Å². The zero-order chi connectivity index (χ0) is 15.6. The van der Waals surface area contributed by atoms with Crippen molar-refractivity contribution in [2.75, 3.05) is 6.54 Å². The molecule has 0 aliphatic carbocycles. The Kier molecular flexibility index (Phi) is 4.78. The lowest BCUT2D eigenvalue weighted by Crippen LogP contribution is -2.18. The molecule has 0 fully saturated rings. The molecule has 0 bridgehead atoms. The molecule has 2 aromatic heterocycles. The molecule has 4 heteroatoms. The van der Waals surface area contributed by atoms with Gasteiger partial charge in [-0.25, -0.2) is 9.67 Å². The van der Waals surface area contributed by atoms with Crippen LogP contribution in [0.1, 0.15) is 47.1 Å². The highest BCUT2D eigenvalue weighted by Crippen LogP contribution is 2.21. The van der Waals surface area contributed by atoms with E-state index in [1.54, 1.807) is 0 Å². The highest BCUT2D eigenvalue weighted by molar-refractivity contribution is 5.43. The van der Waals surface area contributed by atoms with Crippen molar-refractivity contribution < 1.29 is 0 Å². The Morgan fingerprint density at radius 1 is 1.14 bits per heavy atom. The van der Waals surface area contributed by atoms with Gasteiger partial charge in [0.25, 0.3) is 0 Å². The third-order valence-electron chi connectivity index (χ3n) is 4.04. The van der Waals surface area contributed by atoms with E-state index in [1.165, 1.54) is 22.4 Å². The fourth-order valence-electron chi connectivity index (χ4n) is 2.55. The van der Waals surface area contributed by atoms with Gasteiger partial charge in [0.2, 0.25) is 0 Å². The summed E-state index contributed by atoms with van der Waals surface area (Å²) in [6, 6.07) is 2.14. The van der Waals surface area contributed by atoms with Crippen LogP contribution in [0.25, 0.3) is 5.82 Å². The van der Waals surface area contributed by atoms with Crippen molar-refractivity contribution in [1.82, 2.24) is 20.1 Å². The monoisotopic (exact) mass is 286 g/mol. The summed E-state index contributed by atoms with van der Waals surface area (Å²) >= 11 is 0. The quantitative estimate of drug-likeness (QED) is 0.858. The third-order valence-corrected chi connectivity index (χ3v) is 4.04. The normalized spacial score (nSPS) is 11.1. The number of aromatic nitrogens is 3. The molecule has 0 amide bonds. The van der Waals surface area contributed by atoms with Gasteiger partial charge >= 0.3 is 0 Å². The Morgan fingerprint density at radius 2 is 1.86 bits per heavy atom. The van der Waals surface area contributed by atoms with Crippen molar-refractivity contribution in [1.29, 1.82) is 0 Å². The van der Waals surface area contributed by atoms with Crippen LogP contribution in [-0.4, -0.2) is 21.3 Å². The Bertz CT molecular complexity index is 641. The number of hydrogen-bond donors (Lipinski definition) is 1. The lowest BCUT2D eigenvalue weighted by Gasteiger charge is -2.15. The Labute approximate surface area is 127 Å². The first-order valence-electron chi connectivity index (χ1n) is 7.66. The molecule has 0 saturated carbocycles. The molecule has 4 nitrogen and oxygen atoms in total. The van der Waals surface area contributed by atoms with Gasteiger partial charge in [0, 0.05) is 23.5 Å². The maximum absolute atomic E-state index is 4.76. The van der Waals surface area contributed by atoms with Gasteiger partial charge < -0.3 is 5.32 Å². The summed E-state index contributed by atoms with van der Waals surface area (Å²) in [4.78, 5) is 4.76. The van der Waals surface area contributed by atoms with Crippen LogP contribution in [-0.2, 0) is 6.54 Å². The average Bonchev–Trinajstić information content (AvgIpc) is 2.68. The predicted octanol–water partition coefficient (Wildman–Crippen LogP) is 3.31. The summed E-state index contributed by atoms with van der Waals surface area (Å²) in [5.74, 6) is 0.963. The molecule has 2 aromatic rings. The Morgan fingerprint density at radius 3 is 2.43 bits per heavy atom. The molecule has 1 N–H and O–H groups in total. The van der Waals surface area contributed by atoms with Crippen molar-refractivity contribution in [3.05, 3.63) is 39.8 Å². The standard InChI is InChI=1S/C17H26N4/c1-7-8-18-10-16-11(2)9-12(3)19-17(16)21-15(6)13(4)14(5)20-21/h9,18H,7-8,10H2,1-6H3. The van der Waals surface area contributed by atoms with E-state index in [2.05, 4.69) is 51.1 Å². The van der Waals surface area contributed by atoms with Crippen molar-refractivity contribution in [3.63, 3.8) is 0 Å². The second-order valence-electron chi connectivity index (χ2n) is 5.77. The fraction of sp³-hybridized carbons (Fsp3) is 0.529. The molecule has 0 atom stereocenters. The minimum atomic E-state index is 0.833. The van der Waals surface area contributed by atoms with Crippen LogP contribution in [0, 0.1) is 34.6 Å². The zero-order valence-corrected chi connectivity index (χ0v) is 14.0. The predicted molar refractivity (Wildman–Crippen MR) is 87.0 cm³/mol. The first kappa shape index (κ1) is 15.7. The summed E-state index contributed by atoms with van der Waals surface area (Å²) in [5.41, 5.74) is 7.02. The van der Waals surface area contributed by atoms with Crippen LogP contribution >= 0.6 is 0 Å². The SMILES string of the molecule is CCCNCc1c(C)cc(C)nc1-n1nc(C)c(C)c1C. The van der Waals surface area contributed by atoms with Crippen LogP contribution in [0.15, 0.2) is 6.07 Å². The molecule has 0 aliphatic heterocycles. The topological polar surface area (TPSA) is 42.7 Å². The molecule has 114 valence electrons. The molecule has 0 saturated heterocycles. The average molecular weight is 286 g/mol. The van der Waals surface area contributed by atoms with Crippen LogP contribution in [0.4, 0.5) is 0 Å². The van der Waals surface area contributed by atoms with Crippen molar-refractivity contribution in [3.8, 4) is 5.82 Å². The Balaban J connectivity index is 2.52. The lowest BCUT2D eigenvalue weighted by atomic mass is 10.1. The van der Waals surface area contributed by atoms with Crippen LogP contribution in [0.2, 0.25) is 0 Å². The molecule has 2 rings (SSSR count). The maximum Gasteiger partial charge on any atom is 0.158 e. The molecule has 0 spiro atoms. The fourth-order valence-corrected chi connectivity index (χ4v) is 2.55. The van der Waals surface area contributed by atoms with Crippen LogP contribution in [0.5, 0.6) is 0 Å². The molecular weight excluding hydrogens is 260 g/mol. The van der Waals surface area contributed by atoms with Crippen LogP contribution < -0.4 is 5.32 Å². The highest BCUT2D eigenvalue weighted by Gasteiger charge is 2.15. The molecule has 0 aliphatic rings.